The van der Waals surface area contributed by atoms with Crippen LogP contribution in [-0.4, -0.2) is 17.0 Å². The molecule has 0 aliphatic carbocycles. The first-order chi connectivity index (χ1) is 10.6. The second-order valence-corrected chi connectivity index (χ2v) is 7.33. The lowest BCUT2D eigenvalue weighted by atomic mass is 10.2. The van der Waals surface area contributed by atoms with Crippen LogP contribution in [0.25, 0.3) is 10.2 Å². The first kappa shape index (κ1) is 15.2. The number of nitrogens with one attached hydrogen (secondary N) is 1. The molecule has 0 radical (unpaired) electrons. The number of fused-ring (bicyclic) bond motifs is 1. The average Bonchev–Trinajstić information content (AvgIpc) is 2.99. The number of hydrogen-bond donors (Lipinski definition) is 1. The third kappa shape index (κ3) is 2.80. The Morgan fingerprint density at radius 3 is 2.86 bits per heavy atom. The molecule has 3 rings (SSSR count). The maximum absolute atomic E-state index is 13.9. The monoisotopic (exact) mass is 380 g/mol. The van der Waals surface area contributed by atoms with Crippen LogP contribution >= 0.6 is 27.3 Å². The van der Waals surface area contributed by atoms with Crippen molar-refractivity contribution in [3.63, 3.8) is 0 Å². The SMILES string of the molecule is CCNC(=O)c1cc2sc(Br)cc2n1Cc1ccccc1F. The molecule has 3 nitrogen and oxygen atoms in total. The number of amides is 1. The summed E-state index contributed by atoms with van der Waals surface area (Å²) in [5.74, 6) is -0.404. The highest BCUT2D eigenvalue weighted by molar-refractivity contribution is 9.11. The zero-order valence-electron chi connectivity index (χ0n) is 11.9. The number of carbonyl (C=O) groups is 1. The van der Waals surface area contributed by atoms with E-state index < -0.39 is 0 Å². The summed E-state index contributed by atoms with van der Waals surface area (Å²) in [7, 11) is 0. The highest BCUT2D eigenvalue weighted by atomic mass is 79.9. The van der Waals surface area contributed by atoms with Gasteiger partial charge in [-0.1, -0.05) is 18.2 Å². The molecule has 0 aliphatic rings. The van der Waals surface area contributed by atoms with Gasteiger partial charge in [-0.2, -0.15) is 0 Å². The summed E-state index contributed by atoms with van der Waals surface area (Å²) in [5, 5.41) is 2.81. The van der Waals surface area contributed by atoms with Gasteiger partial charge in [-0.15, -0.1) is 11.3 Å². The molecule has 0 spiro atoms. The van der Waals surface area contributed by atoms with Crippen molar-refractivity contribution in [2.75, 3.05) is 6.54 Å². The molecular weight excluding hydrogens is 367 g/mol. The molecule has 1 aromatic carbocycles. The Hall–Kier alpha value is -1.66. The Balaban J connectivity index is 2.10. The smallest absolute Gasteiger partial charge is 0.267 e. The van der Waals surface area contributed by atoms with Gasteiger partial charge in [-0.25, -0.2) is 4.39 Å². The fourth-order valence-corrected chi connectivity index (χ4v) is 3.98. The van der Waals surface area contributed by atoms with Crippen LogP contribution in [0.5, 0.6) is 0 Å². The van der Waals surface area contributed by atoms with Crippen LogP contribution in [0.4, 0.5) is 4.39 Å². The molecule has 0 aliphatic heterocycles. The van der Waals surface area contributed by atoms with Crippen molar-refractivity contribution in [1.82, 2.24) is 9.88 Å². The molecule has 0 bridgehead atoms. The van der Waals surface area contributed by atoms with Crippen LogP contribution in [-0.2, 0) is 6.54 Å². The molecule has 6 heteroatoms. The average molecular weight is 381 g/mol. The van der Waals surface area contributed by atoms with Gasteiger partial charge in [0, 0.05) is 12.1 Å². The van der Waals surface area contributed by atoms with Crippen LogP contribution in [0.3, 0.4) is 0 Å². The van der Waals surface area contributed by atoms with Gasteiger partial charge in [0.2, 0.25) is 0 Å². The summed E-state index contributed by atoms with van der Waals surface area (Å²) in [6.45, 7) is 2.76. The summed E-state index contributed by atoms with van der Waals surface area (Å²) in [6.07, 6.45) is 0. The molecule has 2 aromatic heterocycles. The Bertz CT molecular complexity index is 840. The minimum absolute atomic E-state index is 0.140. The van der Waals surface area contributed by atoms with Crippen molar-refractivity contribution < 1.29 is 9.18 Å². The van der Waals surface area contributed by atoms with Gasteiger partial charge in [0.1, 0.15) is 11.5 Å². The normalized spacial score (nSPS) is 11.0. The molecule has 1 amide bonds. The molecule has 0 saturated carbocycles. The number of nitrogens with zero attached hydrogens (tertiary/aromatic N) is 1. The maximum atomic E-state index is 13.9. The lowest BCUT2D eigenvalue weighted by molar-refractivity contribution is 0.0947. The van der Waals surface area contributed by atoms with Crippen LogP contribution in [0.2, 0.25) is 0 Å². The molecule has 1 N–H and O–H groups in total. The number of hydrogen-bond acceptors (Lipinski definition) is 2. The Morgan fingerprint density at radius 2 is 2.14 bits per heavy atom. The van der Waals surface area contributed by atoms with Crippen LogP contribution in [0.1, 0.15) is 23.0 Å². The number of carbonyl (C=O) groups excluding carboxylic acids is 1. The largest absolute Gasteiger partial charge is 0.351 e. The summed E-state index contributed by atoms with van der Waals surface area (Å²) in [5.41, 5.74) is 2.05. The van der Waals surface area contributed by atoms with E-state index >= 15 is 0 Å². The summed E-state index contributed by atoms with van der Waals surface area (Å²) in [4.78, 5) is 12.3. The molecular formula is C16H14BrFN2OS. The number of thiophene rings is 1. The van der Waals surface area contributed by atoms with E-state index in [-0.39, 0.29) is 11.7 Å². The van der Waals surface area contributed by atoms with Gasteiger partial charge in [0.05, 0.1) is 20.5 Å². The van der Waals surface area contributed by atoms with Crippen molar-refractivity contribution in [3.8, 4) is 0 Å². The van der Waals surface area contributed by atoms with Crippen molar-refractivity contribution >= 4 is 43.4 Å². The second kappa shape index (κ2) is 6.22. The topological polar surface area (TPSA) is 34.0 Å². The molecule has 2 heterocycles. The molecule has 114 valence electrons. The Morgan fingerprint density at radius 1 is 1.36 bits per heavy atom. The van der Waals surface area contributed by atoms with E-state index in [1.54, 1.807) is 29.5 Å². The predicted octanol–water partition coefficient (Wildman–Crippen LogP) is 4.40. The lowest BCUT2D eigenvalue weighted by Crippen LogP contribution is -2.25. The fourth-order valence-electron chi connectivity index (χ4n) is 2.42. The third-order valence-corrected chi connectivity index (χ3v) is 4.99. The number of benzene rings is 1. The number of aromatic nitrogens is 1. The van der Waals surface area contributed by atoms with E-state index in [2.05, 4.69) is 21.2 Å². The van der Waals surface area contributed by atoms with E-state index in [0.29, 0.717) is 24.3 Å². The van der Waals surface area contributed by atoms with Gasteiger partial charge in [-0.3, -0.25) is 4.79 Å². The summed E-state index contributed by atoms with van der Waals surface area (Å²) in [6, 6.07) is 10.5. The lowest BCUT2D eigenvalue weighted by Gasteiger charge is -2.11. The van der Waals surface area contributed by atoms with Crippen molar-refractivity contribution in [2.45, 2.75) is 13.5 Å². The van der Waals surface area contributed by atoms with E-state index in [1.165, 1.54) is 6.07 Å². The Kier molecular flexibility index (Phi) is 4.31. The van der Waals surface area contributed by atoms with Crippen molar-refractivity contribution in [1.29, 1.82) is 0 Å². The predicted molar refractivity (Wildman–Crippen MR) is 91.0 cm³/mol. The van der Waals surface area contributed by atoms with E-state index in [9.17, 15) is 9.18 Å². The van der Waals surface area contributed by atoms with Gasteiger partial charge in [0.25, 0.3) is 5.91 Å². The highest BCUT2D eigenvalue weighted by Gasteiger charge is 2.18. The van der Waals surface area contributed by atoms with Gasteiger partial charge >= 0.3 is 0 Å². The van der Waals surface area contributed by atoms with Gasteiger partial charge in [-0.05, 0) is 41.1 Å². The molecule has 22 heavy (non-hydrogen) atoms. The van der Waals surface area contributed by atoms with Crippen molar-refractivity contribution in [3.05, 3.63) is 57.3 Å². The summed E-state index contributed by atoms with van der Waals surface area (Å²) >= 11 is 5.02. The molecule has 3 aromatic rings. The standard InChI is InChI=1S/C16H14BrFN2OS/c1-2-19-16(21)13-7-14-12(8-15(17)22-14)20(13)9-10-5-3-4-6-11(10)18/h3-8H,2,9H2,1H3,(H,19,21). The quantitative estimate of drug-likeness (QED) is 0.714. The van der Waals surface area contributed by atoms with Crippen LogP contribution in [0.15, 0.2) is 40.2 Å². The third-order valence-electron chi connectivity index (χ3n) is 3.42. The number of rotatable bonds is 4. The minimum Gasteiger partial charge on any atom is -0.351 e. The van der Waals surface area contributed by atoms with Gasteiger partial charge in [0.15, 0.2) is 0 Å². The number of halogens is 2. The van der Waals surface area contributed by atoms with Crippen LogP contribution in [0, 0.1) is 5.82 Å². The molecule has 0 atom stereocenters. The molecule has 0 fully saturated rings. The molecule has 0 unspecified atom stereocenters. The van der Waals surface area contributed by atoms with E-state index in [4.69, 9.17) is 0 Å². The van der Waals surface area contributed by atoms with Gasteiger partial charge < -0.3 is 9.88 Å². The first-order valence-electron chi connectivity index (χ1n) is 6.90. The van der Waals surface area contributed by atoms with Crippen molar-refractivity contribution in [2.24, 2.45) is 0 Å². The maximum Gasteiger partial charge on any atom is 0.267 e. The van der Waals surface area contributed by atoms with E-state index in [1.807, 2.05) is 23.6 Å². The van der Waals surface area contributed by atoms with Crippen LogP contribution < -0.4 is 5.32 Å². The highest BCUT2D eigenvalue weighted by Crippen LogP contribution is 2.33. The molecule has 0 saturated heterocycles. The zero-order chi connectivity index (χ0) is 15.7. The zero-order valence-corrected chi connectivity index (χ0v) is 14.3. The first-order valence-corrected chi connectivity index (χ1v) is 8.51. The summed E-state index contributed by atoms with van der Waals surface area (Å²) < 4.78 is 17.8. The minimum atomic E-state index is -0.263. The second-order valence-electron chi connectivity index (χ2n) is 4.87. The van der Waals surface area contributed by atoms with E-state index in [0.717, 1.165) is 14.0 Å². The fraction of sp³-hybridized carbons (Fsp3) is 0.188. The Labute approximate surface area is 139 Å².